The number of hydrogen-bond donors (Lipinski definition) is 1. The largest absolute Gasteiger partial charge is 0.382 e. The normalized spacial score (nSPS) is 26.5. The van der Waals surface area contributed by atoms with E-state index in [1.54, 1.807) is 0 Å². The van der Waals surface area contributed by atoms with Gasteiger partial charge >= 0.3 is 0 Å². The highest BCUT2D eigenvalue weighted by Gasteiger charge is 2.30. The van der Waals surface area contributed by atoms with Crippen LogP contribution in [0.2, 0.25) is 0 Å². The first kappa shape index (κ1) is 16.0. The Morgan fingerprint density at radius 3 is 3.18 bits per heavy atom. The van der Waals surface area contributed by atoms with Crippen LogP contribution in [0, 0.1) is 0 Å². The first-order valence-electron chi connectivity index (χ1n) is 7.79. The van der Waals surface area contributed by atoms with Gasteiger partial charge in [-0.15, -0.1) is 0 Å². The fraction of sp³-hybridized carbons (Fsp3) is 0.562. The molecule has 3 heterocycles. The zero-order valence-electron chi connectivity index (χ0n) is 12.6. The van der Waals surface area contributed by atoms with Crippen LogP contribution in [-0.2, 0) is 4.74 Å². The van der Waals surface area contributed by atoms with Crippen molar-refractivity contribution in [1.29, 1.82) is 0 Å². The molecule has 1 aromatic carbocycles. The van der Waals surface area contributed by atoms with Crippen molar-refractivity contribution in [1.82, 2.24) is 4.90 Å². The van der Waals surface area contributed by atoms with Crippen molar-refractivity contribution in [3.8, 4) is 0 Å². The molecular formula is C16H23N3OS2. The van der Waals surface area contributed by atoms with Gasteiger partial charge in [-0.3, -0.25) is 4.99 Å². The van der Waals surface area contributed by atoms with Crippen LogP contribution in [0.5, 0.6) is 0 Å². The van der Waals surface area contributed by atoms with Crippen molar-refractivity contribution in [2.75, 3.05) is 37.3 Å². The molecule has 3 aliphatic rings. The minimum Gasteiger partial charge on any atom is -0.382 e. The molecule has 120 valence electrons. The van der Waals surface area contributed by atoms with E-state index in [1.807, 2.05) is 11.8 Å². The first-order valence-corrected chi connectivity index (χ1v) is 8.78. The predicted molar refractivity (Wildman–Crippen MR) is 98.5 cm³/mol. The van der Waals surface area contributed by atoms with E-state index in [0.29, 0.717) is 12.1 Å². The number of fused-ring (bicyclic) bond motifs is 1. The summed E-state index contributed by atoms with van der Waals surface area (Å²) in [7, 11) is 0. The molecule has 0 aliphatic carbocycles. The Kier molecular flexibility index (Phi) is 5.21. The summed E-state index contributed by atoms with van der Waals surface area (Å²) in [5, 5.41) is 4.74. The van der Waals surface area contributed by atoms with E-state index >= 15 is 0 Å². The molecule has 6 heteroatoms. The molecule has 4 rings (SSSR count). The minimum atomic E-state index is 0. The van der Waals surface area contributed by atoms with Crippen molar-refractivity contribution < 1.29 is 4.74 Å². The van der Waals surface area contributed by atoms with Crippen molar-refractivity contribution in [3.05, 3.63) is 29.8 Å². The third kappa shape index (κ3) is 3.39. The average Bonchev–Trinajstić information content (AvgIpc) is 3.22. The van der Waals surface area contributed by atoms with Crippen LogP contribution >= 0.6 is 25.3 Å². The number of ether oxygens (including phenoxy) is 1. The molecule has 0 spiro atoms. The van der Waals surface area contributed by atoms with Crippen LogP contribution in [0.25, 0.3) is 0 Å². The molecule has 2 saturated heterocycles. The van der Waals surface area contributed by atoms with Gasteiger partial charge in [0.25, 0.3) is 0 Å². The highest BCUT2D eigenvalue weighted by atomic mass is 32.2. The second kappa shape index (κ2) is 7.15. The van der Waals surface area contributed by atoms with E-state index in [9.17, 15) is 0 Å². The van der Waals surface area contributed by atoms with Gasteiger partial charge in [0.2, 0.25) is 0 Å². The van der Waals surface area contributed by atoms with Crippen molar-refractivity contribution in [3.63, 3.8) is 0 Å². The second-order valence-corrected chi connectivity index (χ2v) is 6.93. The monoisotopic (exact) mass is 337 g/mol. The standard InChI is InChI=1S/C16H21N3OS.H2S/c1-3-12(15-11-19-6-8-21-16(19)18-15)9-13(4-1)17-10-14-5-2-7-20-14;/h1,3-4,9,14-15,17H,2,5-8,10-11H2;1H2/t14?,15-;/m1./s1. The maximum Gasteiger partial charge on any atom is 0.160 e. The Bertz CT molecular complexity index is 546. The topological polar surface area (TPSA) is 36.9 Å². The van der Waals surface area contributed by atoms with Gasteiger partial charge < -0.3 is 15.0 Å². The van der Waals surface area contributed by atoms with E-state index < -0.39 is 0 Å². The number of nitrogens with zero attached hydrogens (tertiary/aromatic N) is 2. The molecular weight excluding hydrogens is 314 g/mol. The van der Waals surface area contributed by atoms with Crippen LogP contribution in [-0.4, -0.2) is 48.2 Å². The first-order chi connectivity index (χ1) is 10.4. The molecule has 1 unspecified atom stereocenters. The van der Waals surface area contributed by atoms with E-state index in [0.717, 1.165) is 26.2 Å². The predicted octanol–water partition coefficient (Wildman–Crippen LogP) is 2.85. The summed E-state index contributed by atoms with van der Waals surface area (Å²) in [5.41, 5.74) is 2.50. The van der Waals surface area contributed by atoms with Gasteiger partial charge in [-0.1, -0.05) is 23.9 Å². The summed E-state index contributed by atoms with van der Waals surface area (Å²) in [6, 6.07) is 9.01. The second-order valence-electron chi connectivity index (χ2n) is 5.86. The van der Waals surface area contributed by atoms with Crippen LogP contribution < -0.4 is 5.32 Å². The molecule has 0 saturated carbocycles. The quantitative estimate of drug-likeness (QED) is 0.917. The maximum atomic E-state index is 5.66. The van der Waals surface area contributed by atoms with Gasteiger partial charge in [-0.25, -0.2) is 0 Å². The molecule has 4 nitrogen and oxygen atoms in total. The molecule has 0 bridgehead atoms. The molecule has 1 aromatic rings. The third-order valence-electron chi connectivity index (χ3n) is 4.35. The van der Waals surface area contributed by atoms with E-state index in [2.05, 4.69) is 34.5 Å². The lowest BCUT2D eigenvalue weighted by atomic mass is 10.1. The summed E-state index contributed by atoms with van der Waals surface area (Å²) in [4.78, 5) is 7.26. The number of anilines is 1. The fourth-order valence-corrected chi connectivity index (χ4v) is 4.22. The molecule has 0 aromatic heterocycles. The Morgan fingerprint density at radius 1 is 1.41 bits per heavy atom. The van der Waals surface area contributed by atoms with Gasteiger partial charge in [0.05, 0.1) is 12.1 Å². The molecule has 2 atom stereocenters. The molecule has 1 N–H and O–H groups in total. The third-order valence-corrected chi connectivity index (χ3v) is 5.36. The summed E-state index contributed by atoms with van der Waals surface area (Å²) in [6.07, 6.45) is 2.75. The lowest BCUT2D eigenvalue weighted by Crippen LogP contribution is -2.22. The van der Waals surface area contributed by atoms with Crippen molar-refractivity contribution in [2.45, 2.75) is 25.0 Å². The van der Waals surface area contributed by atoms with E-state index in [-0.39, 0.29) is 13.5 Å². The zero-order chi connectivity index (χ0) is 14.1. The number of nitrogens with one attached hydrogen (secondary N) is 1. The summed E-state index contributed by atoms with van der Waals surface area (Å²) < 4.78 is 5.66. The lowest BCUT2D eigenvalue weighted by Gasteiger charge is -2.15. The fourth-order valence-electron chi connectivity index (χ4n) is 3.18. The molecule has 2 fully saturated rings. The summed E-state index contributed by atoms with van der Waals surface area (Å²) in [5.74, 6) is 1.19. The molecule has 3 aliphatic heterocycles. The van der Waals surface area contributed by atoms with Crippen LogP contribution in [0.3, 0.4) is 0 Å². The van der Waals surface area contributed by atoms with E-state index in [4.69, 9.17) is 9.73 Å². The molecule has 22 heavy (non-hydrogen) atoms. The van der Waals surface area contributed by atoms with Gasteiger partial charge in [-0.2, -0.15) is 13.5 Å². The number of benzene rings is 1. The number of aliphatic imine (C=N–C) groups is 1. The van der Waals surface area contributed by atoms with Crippen molar-refractivity contribution in [2.24, 2.45) is 4.99 Å². The zero-order valence-corrected chi connectivity index (χ0v) is 14.4. The van der Waals surface area contributed by atoms with Crippen LogP contribution in [0.4, 0.5) is 5.69 Å². The number of rotatable bonds is 4. The number of thioether (sulfide) groups is 1. The van der Waals surface area contributed by atoms with Gasteiger partial charge in [0.1, 0.15) is 0 Å². The van der Waals surface area contributed by atoms with Crippen LogP contribution in [0.15, 0.2) is 29.3 Å². The smallest absolute Gasteiger partial charge is 0.160 e. The highest BCUT2D eigenvalue weighted by Crippen LogP contribution is 2.33. The number of hydrogen-bond acceptors (Lipinski definition) is 5. The lowest BCUT2D eigenvalue weighted by molar-refractivity contribution is 0.120. The highest BCUT2D eigenvalue weighted by molar-refractivity contribution is 8.14. The maximum absolute atomic E-state index is 5.66. The minimum absolute atomic E-state index is 0. The van der Waals surface area contributed by atoms with E-state index in [1.165, 1.54) is 35.0 Å². The molecule has 0 amide bonds. The summed E-state index contributed by atoms with van der Waals surface area (Å²) in [6.45, 7) is 4.01. The van der Waals surface area contributed by atoms with Crippen molar-refractivity contribution >= 4 is 36.1 Å². The van der Waals surface area contributed by atoms with Gasteiger partial charge in [-0.05, 0) is 30.5 Å². The summed E-state index contributed by atoms with van der Waals surface area (Å²) >= 11 is 1.89. The Hall–Kier alpha value is -0.850. The van der Waals surface area contributed by atoms with Gasteiger partial charge in [0.15, 0.2) is 5.17 Å². The van der Waals surface area contributed by atoms with Gasteiger partial charge in [0, 0.05) is 37.7 Å². The van der Waals surface area contributed by atoms with Crippen LogP contribution in [0.1, 0.15) is 24.4 Å². The Morgan fingerprint density at radius 2 is 2.36 bits per heavy atom. The SMILES string of the molecule is S.c1cc(NCC2CCCO2)cc([C@H]2CN3CCSC3=N2)c1. The average molecular weight is 338 g/mol. The number of amidine groups is 1. The molecule has 0 radical (unpaired) electrons. The Balaban J connectivity index is 0.00000144. The Labute approximate surface area is 143 Å².